The molecule has 1 saturated carbocycles. The van der Waals surface area contributed by atoms with Crippen molar-refractivity contribution in [3.05, 3.63) is 58.9 Å². The summed E-state index contributed by atoms with van der Waals surface area (Å²) in [7, 11) is 0. The third-order valence-electron chi connectivity index (χ3n) is 4.74. The Morgan fingerprint density at radius 3 is 2.75 bits per heavy atom. The maximum Gasteiger partial charge on any atom is 0.254 e. The number of carbonyl (C=O) groups is 1. The lowest BCUT2D eigenvalue weighted by molar-refractivity contribution is 0.0714. The SMILES string of the molecule is O=C(c1ccc2c(c1)OCO2)N(Cc1nnc(-c2ccccc2Cl)o1)C1CC1. The van der Waals surface area contributed by atoms with Gasteiger partial charge in [0.1, 0.15) is 0 Å². The normalized spacial score (nSPS) is 14.9. The number of halogens is 1. The van der Waals surface area contributed by atoms with E-state index in [0.717, 1.165) is 12.8 Å². The number of nitrogens with zero attached hydrogens (tertiary/aromatic N) is 3. The van der Waals surface area contributed by atoms with E-state index in [0.29, 0.717) is 39.4 Å². The van der Waals surface area contributed by atoms with Crippen LogP contribution in [0.25, 0.3) is 11.5 Å². The Morgan fingerprint density at radius 2 is 1.93 bits per heavy atom. The van der Waals surface area contributed by atoms with Crippen molar-refractivity contribution in [1.82, 2.24) is 15.1 Å². The predicted molar refractivity (Wildman–Crippen MR) is 100 cm³/mol. The molecule has 0 unspecified atom stereocenters. The molecule has 0 spiro atoms. The number of hydrogen-bond acceptors (Lipinski definition) is 6. The predicted octanol–water partition coefficient (Wildman–Crippen LogP) is 3.92. The first-order valence-electron chi connectivity index (χ1n) is 8.97. The zero-order valence-electron chi connectivity index (χ0n) is 14.8. The highest BCUT2D eigenvalue weighted by atomic mass is 35.5. The third-order valence-corrected chi connectivity index (χ3v) is 5.07. The number of hydrogen-bond donors (Lipinski definition) is 0. The molecule has 8 heteroatoms. The summed E-state index contributed by atoms with van der Waals surface area (Å²) in [5.41, 5.74) is 1.21. The summed E-state index contributed by atoms with van der Waals surface area (Å²) < 4.78 is 16.5. The van der Waals surface area contributed by atoms with Crippen LogP contribution in [0.2, 0.25) is 5.02 Å². The second kappa shape index (κ2) is 6.83. The first-order chi connectivity index (χ1) is 13.7. The van der Waals surface area contributed by atoms with Gasteiger partial charge in [0.15, 0.2) is 11.5 Å². The molecule has 0 radical (unpaired) electrons. The van der Waals surface area contributed by atoms with Gasteiger partial charge in [-0.25, -0.2) is 0 Å². The molecule has 0 N–H and O–H groups in total. The van der Waals surface area contributed by atoms with Gasteiger partial charge in [-0.3, -0.25) is 4.79 Å². The third kappa shape index (κ3) is 3.18. The van der Waals surface area contributed by atoms with Crippen molar-refractivity contribution in [2.24, 2.45) is 0 Å². The van der Waals surface area contributed by atoms with E-state index in [1.54, 1.807) is 29.2 Å². The van der Waals surface area contributed by atoms with Crippen molar-refractivity contribution in [1.29, 1.82) is 0 Å². The van der Waals surface area contributed by atoms with Crippen LogP contribution < -0.4 is 9.47 Å². The summed E-state index contributed by atoms with van der Waals surface area (Å²) >= 11 is 6.20. The van der Waals surface area contributed by atoms with Crippen molar-refractivity contribution < 1.29 is 18.7 Å². The van der Waals surface area contributed by atoms with Crippen LogP contribution in [0, 0.1) is 0 Å². The standard InChI is InChI=1S/C20H16ClN3O4/c21-15-4-2-1-3-14(15)19-23-22-18(28-19)10-24(13-6-7-13)20(25)12-5-8-16-17(9-12)27-11-26-16/h1-5,8-9,13H,6-7,10-11H2. The zero-order chi connectivity index (χ0) is 19.1. The minimum absolute atomic E-state index is 0.0988. The Kier molecular flexibility index (Phi) is 4.16. The van der Waals surface area contributed by atoms with Crippen LogP contribution in [0.1, 0.15) is 29.1 Å². The molecule has 2 aromatic carbocycles. The summed E-state index contributed by atoms with van der Waals surface area (Å²) in [6.07, 6.45) is 1.92. The molecule has 1 aromatic heterocycles. The van der Waals surface area contributed by atoms with E-state index in [9.17, 15) is 4.79 Å². The molecule has 0 bridgehead atoms. The van der Waals surface area contributed by atoms with E-state index in [-0.39, 0.29) is 25.3 Å². The highest BCUT2D eigenvalue weighted by Gasteiger charge is 2.35. The summed E-state index contributed by atoms with van der Waals surface area (Å²) in [4.78, 5) is 14.8. The fraction of sp³-hybridized carbons (Fsp3) is 0.250. The van der Waals surface area contributed by atoms with E-state index in [4.69, 9.17) is 25.5 Å². The van der Waals surface area contributed by atoms with Crippen LogP contribution in [0.3, 0.4) is 0 Å². The Morgan fingerprint density at radius 1 is 1.11 bits per heavy atom. The van der Waals surface area contributed by atoms with Crippen LogP contribution in [0.4, 0.5) is 0 Å². The molecule has 1 aliphatic carbocycles. The van der Waals surface area contributed by atoms with Gasteiger partial charge in [-0.15, -0.1) is 10.2 Å². The fourth-order valence-corrected chi connectivity index (χ4v) is 3.37. The average molecular weight is 398 g/mol. The lowest BCUT2D eigenvalue weighted by Gasteiger charge is -2.20. The number of aromatic nitrogens is 2. The zero-order valence-corrected chi connectivity index (χ0v) is 15.6. The lowest BCUT2D eigenvalue weighted by atomic mass is 10.1. The molecule has 28 heavy (non-hydrogen) atoms. The molecule has 0 saturated heterocycles. The van der Waals surface area contributed by atoms with Gasteiger partial charge in [0, 0.05) is 11.6 Å². The van der Waals surface area contributed by atoms with Crippen molar-refractivity contribution in [2.75, 3.05) is 6.79 Å². The molecular weight excluding hydrogens is 382 g/mol. The van der Waals surface area contributed by atoms with E-state index < -0.39 is 0 Å². The number of benzene rings is 2. The number of fused-ring (bicyclic) bond motifs is 1. The van der Waals surface area contributed by atoms with Gasteiger partial charge in [0.05, 0.1) is 17.1 Å². The van der Waals surface area contributed by atoms with Gasteiger partial charge in [0.25, 0.3) is 5.91 Å². The molecule has 1 fully saturated rings. The van der Waals surface area contributed by atoms with Crippen LogP contribution in [-0.4, -0.2) is 33.8 Å². The van der Waals surface area contributed by atoms with Crippen molar-refractivity contribution in [3.8, 4) is 23.0 Å². The van der Waals surface area contributed by atoms with Gasteiger partial charge in [-0.05, 0) is 43.2 Å². The van der Waals surface area contributed by atoms with Crippen LogP contribution in [0.5, 0.6) is 11.5 Å². The van der Waals surface area contributed by atoms with Crippen LogP contribution >= 0.6 is 11.6 Å². The molecule has 2 aliphatic rings. The second-order valence-corrected chi connectivity index (χ2v) is 7.12. The van der Waals surface area contributed by atoms with Gasteiger partial charge < -0.3 is 18.8 Å². The smallest absolute Gasteiger partial charge is 0.254 e. The van der Waals surface area contributed by atoms with Gasteiger partial charge in [-0.1, -0.05) is 23.7 Å². The van der Waals surface area contributed by atoms with E-state index >= 15 is 0 Å². The maximum absolute atomic E-state index is 13.1. The van der Waals surface area contributed by atoms with E-state index in [1.165, 1.54) is 0 Å². The molecule has 0 atom stereocenters. The molecule has 5 rings (SSSR count). The minimum atomic E-state index is -0.0988. The largest absolute Gasteiger partial charge is 0.454 e. The monoisotopic (exact) mass is 397 g/mol. The minimum Gasteiger partial charge on any atom is -0.454 e. The number of amides is 1. The van der Waals surface area contributed by atoms with Crippen LogP contribution in [0.15, 0.2) is 46.9 Å². The van der Waals surface area contributed by atoms with Crippen molar-refractivity contribution in [3.63, 3.8) is 0 Å². The molecular formula is C20H16ClN3O4. The quantitative estimate of drug-likeness (QED) is 0.649. The Bertz CT molecular complexity index is 1050. The van der Waals surface area contributed by atoms with Gasteiger partial charge >= 0.3 is 0 Å². The number of carbonyl (C=O) groups excluding carboxylic acids is 1. The highest BCUT2D eigenvalue weighted by molar-refractivity contribution is 6.33. The lowest BCUT2D eigenvalue weighted by Crippen LogP contribution is -2.32. The maximum atomic E-state index is 13.1. The first-order valence-corrected chi connectivity index (χ1v) is 9.35. The highest BCUT2D eigenvalue weighted by Crippen LogP contribution is 2.35. The molecule has 2 heterocycles. The molecule has 1 amide bonds. The van der Waals surface area contributed by atoms with Gasteiger partial charge in [-0.2, -0.15) is 0 Å². The topological polar surface area (TPSA) is 77.7 Å². The van der Waals surface area contributed by atoms with Gasteiger partial charge in [0.2, 0.25) is 18.6 Å². The van der Waals surface area contributed by atoms with E-state index in [1.807, 2.05) is 18.2 Å². The molecule has 7 nitrogen and oxygen atoms in total. The van der Waals surface area contributed by atoms with Crippen molar-refractivity contribution in [2.45, 2.75) is 25.4 Å². The summed E-state index contributed by atoms with van der Waals surface area (Å²) in [6.45, 7) is 0.418. The van der Waals surface area contributed by atoms with Crippen LogP contribution in [-0.2, 0) is 6.54 Å². The van der Waals surface area contributed by atoms with E-state index in [2.05, 4.69) is 10.2 Å². The first kappa shape index (κ1) is 17.1. The Balaban J connectivity index is 1.38. The Labute approximate surface area is 165 Å². The summed E-state index contributed by atoms with van der Waals surface area (Å²) in [6, 6.07) is 12.7. The Hall–Kier alpha value is -3.06. The summed E-state index contributed by atoms with van der Waals surface area (Å²) in [5, 5.41) is 8.72. The second-order valence-electron chi connectivity index (χ2n) is 6.71. The average Bonchev–Trinajstić information content (AvgIpc) is 3.25. The molecule has 3 aromatic rings. The fourth-order valence-electron chi connectivity index (χ4n) is 3.16. The molecule has 142 valence electrons. The number of rotatable bonds is 5. The van der Waals surface area contributed by atoms with Crippen molar-refractivity contribution >= 4 is 17.5 Å². The number of ether oxygens (including phenoxy) is 2. The molecule has 1 aliphatic heterocycles. The summed E-state index contributed by atoms with van der Waals surface area (Å²) in [5.74, 6) is 1.84.